The summed E-state index contributed by atoms with van der Waals surface area (Å²) in [5.74, 6) is 0.460. The van der Waals surface area contributed by atoms with Crippen LogP contribution in [0.3, 0.4) is 0 Å². The zero-order valence-corrected chi connectivity index (χ0v) is 11.9. The van der Waals surface area contributed by atoms with Crippen LogP contribution in [0.4, 0.5) is 0 Å². The predicted molar refractivity (Wildman–Crippen MR) is 74.6 cm³/mol. The van der Waals surface area contributed by atoms with Crippen molar-refractivity contribution in [3.63, 3.8) is 0 Å². The Labute approximate surface area is 114 Å². The molecular weight excluding hydrogens is 240 g/mol. The highest BCUT2D eigenvalue weighted by molar-refractivity contribution is 5.70. The van der Waals surface area contributed by atoms with Gasteiger partial charge >= 0.3 is 5.97 Å². The lowest BCUT2D eigenvalue weighted by molar-refractivity contribution is -0.141. The summed E-state index contributed by atoms with van der Waals surface area (Å²) in [6.45, 7) is 6.61. The number of hydrogen-bond donors (Lipinski definition) is 1. The smallest absolute Gasteiger partial charge is 0.306 e. The van der Waals surface area contributed by atoms with Crippen LogP contribution in [-0.2, 0) is 11.2 Å². The molecule has 1 unspecified atom stereocenters. The second-order valence-electron chi connectivity index (χ2n) is 5.69. The number of carboxylic acid groups (broad SMARTS) is 1. The van der Waals surface area contributed by atoms with Crippen LogP contribution in [-0.4, -0.2) is 17.7 Å². The summed E-state index contributed by atoms with van der Waals surface area (Å²) in [6, 6.07) is 4.05. The van der Waals surface area contributed by atoms with Gasteiger partial charge in [0.1, 0.15) is 5.75 Å². The minimum atomic E-state index is -0.758. The van der Waals surface area contributed by atoms with E-state index in [0.717, 1.165) is 23.5 Å². The van der Waals surface area contributed by atoms with Crippen molar-refractivity contribution in [2.75, 3.05) is 6.61 Å². The predicted octanol–water partition coefficient (Wildman–Crippen LogP) is 3.36. The molecule has 1 aliphatic carbocycles. The molecule has 0 aliphatic heterocycles. The van der Waals surface area contributed by atoms with Gasteiger partial charge in [-0.05, 0) is 55.7 Å². The molecule has 19 heavy (non-hydrogen) atoms. The third-order valence-electron chi connectivity index (χ3n) is 3.87. The molecule has 3 nitrogen and oxygen atoms in total. The molecular formula is C16H22O3. The fourth-order valence-corrected chi connectivity index (χ4v) is 2.11. The van der Waals surface area contributed by atoms with Gasteiger partial charge in [-0.3, -0.25) is 4.79 Å². The minimum Gasteiger partial charge on any atom is -0.493 e. The lowest BCUT2D eigenvalue weighted by Crippen LogP contribution is -2.14. The highest BCUT2D eigenvalue weighted by Crippen LogP contribution is 2.33. The van der Waals surface area contributed by atoms with Gasteiger partial charge in [0.25, 0.3) is 0 Å². The van der Waals surface area contributed by atoms with Crippen molar-refractivity contribution in [1.29, 1.82) is 0 Å². The second-order valence-corrected chi connectivity index (χ2v) is 5.69. The molecule has 0 heterocycles. The molecule has 0 bridgehead atoms. The number of carbonyl (C=O) groups is 1. The lowest BCUT2D eigenvalue weighted by Gasteiger charge is -2.17. The van der Waals surface area contributed by atoms with Crippen molar-refractivity contribution in [2.45, 2.75) is 40.0 Å². The molecule has 0 aromatic heterocycles. The first-order chi connectivity index (χ1) is 8.99. The highest BCUT2D eigenvalue weighted by Gasteiger charge is 2.23. The zero-order chi connectivity index (χ0) is 14.0. The van der Waals surface area contributed by atoms with E-state index in [1.165, 1.54) is 18.4 Å². The zero-order valence-electron chi connectivity index (χ0n) is 11.9. The monoisotopic (exact) mass is 262 g/mol. The highest BCUT2D eigenvalue weighted by atomic mass is 16.5. The summed E-state index contributed by atoms with van der Waals surface area (Å²) in [7, 11) is 0. The first-order valence-corrected chi connectivity index (χ1v) is 6.93. The SMILES string of the molecule is Cc1ccc(CC(C)C(=O)O)c(OCC2CC2)c1C. The van der Waals surface area contributed by atoms with E-state index in [1.54, 1.807) is 6.92 Å². The summed E-state index contributed by atoms with van der Waals surface area (Å²) in [5, 5.41) is 9.05. The summed E-state index contributed by atoms with van der Waals surface area (Å²) < 4.78 is 5.96. The number of benzene rings is 1. The fraction of sp³-hybridized carbons (Fsp3) is 0.562. The maximum Gasteiger partial charge on any atom is 0.306 e. The second kappa shape index (κ2) is 5.64. The van der Waals surface area contributed by atoms with E-state index >= 15 is 0 Å². The Bertz CT molecular complexity index is 475. The molecule has 104 valence electrons. The van der Waals surface area contributed by atoms with Crippen LogP contribution in [0.15, 0.2) is 12.1 Å². The molecule has 1 aromatic rings. The topological polar surface area (TPSA) is 46.5 Å². The van der Waals surface area contributed by atoms with Crippen molar-refractivity contribution < 1.29 is 14.6 Å². The first kappa shape index (κ1) is 13.9. The summed E-state index contributed by atoms with van der Waals surface area (Å²) in [6.07, 6.45) is 3.04. The molecule has 0 spiro atoms. The molecule has 3 heteroatoms. The molecule has 1 atom stereocenters. The number of rotatable bonds is 6. The molecule has 1 aliphatic rings. The average molecular weight is 262 g/mol. The molecule has 0 saturated heterocycles. The fourth-order valence-electron chi connectivity index (χ4n) is 2.11. The molecule has 0 amide bonds. The Morgan fingerprint density at radius 2 is 2.11 bits per heavy atom. The van der Waals surface area contributed by atoms with E-state index in [2.05, 4.69) is 6.92 Å². The van der Waals surface area contributed by atoms with Crippen molar-refractivity contribution in [3.05, 3.63) is 28.8 Å². The number of ether oxygens (including phenoxy) is 1. The number of aryl methyl sites for hydroxylation is 1. The van der Waals surface area contributed by atoms with Crippen molar-refractivity contribution >= 4 is 5.97 Å². The molecule has 0 radical (unpaired) electrons. The largest absolute Gasteiger partial charge is 0.493 e. The van der Waals surface area contributed by atoms with Gasteiger partial charge in [-0.25, -0.2) is 0 Å². The van der Waals surface area contributed by atoms with E-state index in [-0.39, 0.29) is 5.92 Å². The summed E-state index contributed by atoms with van der Waals surface area (Å²) in [4.78, 5) is 11.0. The van der Waals surface area contributed by atoms with Crippen LogP contribution >= 0.6 is 0 Å². The van der Waals surface area contributed by atoms with E-state index in [9.17, 15) is 4.79 Å². The van der Waals surface area contributed by atoms with Crippen LogP contribution in [0.5, 0.6) is 5.75 Å². The number of aliphatic carboxylic acids is 1. The Balaban J connectivity index is 2.19. The van der Waals surface area contributed by atoms with Crippen molar-refractivity contribution in [3.8, 4) is 5.75 Å². The van der Waals surface area contributed by atoms with E-state index in [1.807, 2.05) is 19.1 Å². The molecule has 1 saturated carbocycles. The molecule has 1 fully saturated rings. The van der Waals surface area contributed by atoms with Crippen LogP contribution in [0.1, 0.15) is 36.5 Å². The Hall–Kier alpha value is -1.51. The van der Waals surface area contributed by atoms with E-state index < -0.39 is 5.97 Å². The first-order valence-electron chi connectivity index (χ1n) is 6.93. The minimum absolute atomic E-state index is 0.384. The van der Waals surface area contributed by atoms with Crippen LogP contribution in [0.2, 0.25) is 0 Å². The molecule has 2 rings (SSSR count). The Morgan fingerprint density at radius 1 is 1.42 bits per heavy atom. The maximum absolute atomic E-state index is 11.0. The van der Waals surface area contributed by atoms with Gasteiger partial charge < -0.3 is 9.84 Å². The van der Waals surface area contributed by atoms with Gasteiger partial charge in [0, 0.05) is 0 Å². The Morgan fingerprint density at radius 3 is 2.68 bits per heavy atom. The lowest BCUT2D eigenvalue weighted by atomic mass is 9.96. The van der Waals surface area contributed by atoms with Gasteiger partial charge in [0.2, 0.25) is 0 Å². The Kier molecular flexibility index (Phi) is 4.13. The van der Waals surface area contributed by atoms with Crippen LogP contribution in [0, 0.1) is 25.7 Å². The quantitative estimate of drug-likeness (QED) is 0.855. The van der Waals surface area contributed by atoms with E-state index in [0.29, 0.717) is 12.3 Å². The van der Waals surface area contributed by atoms with Crippen molar-refractivity contribution in [2.24, 2.45) is 11.8 Å². The number of carboxylic acids is 1. The molecule has 1 aromatic carbocycles. The van der Waals surface area contributed by atoms with Crippen LogP contribution < -0.4 is 4.74 Å². The van der Waals surface area contributed by atoms with Gasteiger partial charge in [0.15, 0.2) is 0 Å². The third kappa shape index (κ3) is 3.49. The van der Waals surface area contributed by atoms with Crippen LogP contribution in [0.25, 0.3) is 0 Å². The third-order valence-corrected chi connectivity index (χ3v) is 3.87. The summed E-state index contributed by atoms with van der Waals surface area (Å²) in [5.41, 5.74) is 3.34. The number of hydrogen-bond acceptors (Lipinski definition) is 2. The van der Waals surface area contributed by atoms with Gasteiger partial charge in [-0.1, -0.05) is 19.1 Å². The van der Waals surface area contributed by atoms with Gasteiger partial charge in [-0.2, -0.15) is 0 Å². The van der Waals surface area contributed by atoms with Gasteiger partial charge in [-0.15, -0.1) is 0 Å². The summed E-state index contributed by atoms with van der Waals surface area (Å²) >= 11 is 0. The standard InChI is InChI=1S/C16H22O3/c1-10-4-7-14(8-11(2)16(17)18)15(12(10)3)19-9-13-5-6-13/h4,7,11,13H,5-6,8-9H2,1-3H3,(H,17,18). The average Bonchev–Trinajstić information content (AvgIpc) is 3.17. The normalized spacial score (nSPS) is 16.2. The molecule has 1 N–H and O–H groups in total. The van der Waals surface area contributed by atoms with Crippen molar-refractivity contribution in [1.82, 2.24) is 0 Å². The van der Waals surface area contributed by atoms with Gasteiger partial charge in [0.05, 0.1) is 12.5 Å². The maximum atomic E-state index is 11.0. The van der Waals surface area contributed by atoms with E-state index in [4.69, 9.17) is 9.84 Å².